The van der Waals surface area contributed by atoms with E-state index in [1.165, 1.54) is 0 Å². The molecular weight excluding hydrogens is 274 g/mol. The highest BCUT2D eigenvalue weighted by atomic mass is 35.5. The van der Waals surface area contributed by atoms with Crippen LogP contribution in [0.5, 0.6) is 5.75 Å². The van der Waals surface area contributed by atoms with E-state index in [1.54, 1.807) is 6.20 Å². The molecule has 108 valence electrons. The van der Waals surface area contributed by atoms with Crippen molar-refractivity contribution in [3.63, 3.8) is 0 Å². The summed E-state index contributed by atoms with van der Waals surface area (Å²) in [5.41, 5.74) is 1.06. The van der Waals surface area contributed by atoms with Crippen LogP contribution in [0.2, 0.25) is 5.02 Å². The zero-order chi connectivity index (χ0) is 14.5. The molecule has 2 rings (SSSR count). The van der Waals surface area contributed by atoms with E-state index in [0.717, 1.165) is 23.7 Å². The van der Waals surface area contributed by atoms with Crippen molar-refractivity contribution < 1.29 is 4.74 Å². The zero-order valence-electron chi connectivity index (χ0n) is 12.1. The third-order valence-corrected chi connectivity index (χ3v) is 3.46. The average molecular weight is 294 g/mol. The first-order chi connectivity index (χ1) is 9.61. The Bertz CT molecular complexity index is 568. The molecule has 0 amide bonds. The first-order valence-corrected chi connectivity index (χ1v) is 7.11. The average Bonchev–Trinajstić information content (AvgIpc) is 2.83. The molecule has 0 spiro atoms. The summed E-state index contributed by atoms with van der Waals surface area (Å²) in [4.78, 5) is 4.26. The van der Waals surface area contributed by atoms with Crippen LogP contribution in [0.15, 0.2) is 30.6 Å². The Labute approximate surface area is 124 Å². The van der Waals surface area contributed by atoms with Crippen LogP contribution in [-0.4, -0.2) is 16.1 Å². The minimum Gasteiger partial charge on any atom is -0.485 e. The molecule has 0 bridgehead atoms. The second-order valence-corrected chi connectivity index (χ2v) is 5.14. The minimum atomic E-state index is 0.190. The lowest BCUT2D eigenvalue weighted by Crippen LogP contribution is -2.18. The third-order valence-electron chi connectivity index (χ3n) is 3.23. The molecule has 1 N–H and O–H groups in total. The lowest BCUT2D eigenvalue weighted by Gasteiger charge is -2.18. The van der Waals surface area contributed by atoms with Gasteiger partial charge < -0.3 is 14.6 Å². The van der Waals surface area contributed by atoms with E-state index in [1.807, 2.05) is 36.0 Å². The van der Waals surface area contributed by atoms with E-state index in [-0.39, 0.29) is 6.04 Å². The lowest BCUT2D eigenvalue weighted by molar-refractivity contribution is 0.286. The minimum absolute atomic E-state index is 0.190. The monoisotopic (exact) mass is 293 g/mol. The number of ether oxygens (including phenoxy) is 1. The summed E-state index contributed by atoms with van der Waals surface area (Å²) < 4.78 is 7.85. The SMILES string of the molecule is CCNC(C)c1cc(Cl)ccc1OCc1nccn1C. The number of imidazole rings is 1. The van der Waals surface area contributed by atoms with Crippen molar-refractivity contribution in [3.05, 3.63) is 47.0 Å². The maximum absolute atomic E-state index is 6.09. The van der Waals surface area contributed by atoms with Gasteiger partial charge in [-0.15, -0.1) is 0 Å². The fraction of sp³-hybridized carbons (Fsp3) is 0.400. The summed E-state index contributed by atoms with van der Waals surface area (Å²) in [5, 5.41) is 4.09. The topological polar surface area (TPSA) is 39.1 Å². The highest BCUT2D eigenvalue weighted by Crippen LogP contribution is 2.28. The maximum atomic E-state index is 6.09. The highest BCUT2D eigenvalue weighted by molar-refractivity contribution is 6.30. The van der Waals surface area contributed by atoms with Crippen molar-refractivity contribution in [2.45, 2.75) is 26.5 Å². The predicted molar refractivity (Wildman–Crippen MR) is 81.1 cm³/mol. The van der Waals surface area contributed by atoms with E-state index in [9.17, 15) is 0 Å². The van der Waals surface area contributed by atoms with Gasteiger partial charge in [-0.1, -0.05) is 18.5 Å². The quantitative estimate of drug-likeness (QED) is 0.888. The molecule has 0 radical (unpaired) electrons. The van der Waals surface area contributed by atoms with E-state index >= 15 is 0 Å². The number of hydrogen-bond donors (Lipinski definition) is 1. The van der Waals surface area contributed by atoms with E-state index in [4.69, 9.17) is 16.3 Å². The molecular formula is C15H20ClN3O. The van der Waals surface area contributed by atoms with Crippen molar-refractivity contribution in [2.24, 2.45) is 7.05 Å². The molecule has 0 aliphatic rings. The Balaban J connectivity index is 2.16. The zero-order valence-corrected chi connectivity index (χ0v) is 12.8. The van der Waals surface area contributed by atoms with Crippen LogP contribution in [0.4, 0.5) is 0 Å². The summed E-state index contributed by atoms with van der Waals surface area (Å²) in [7, 11) is 1.95. The Morgan fingerprint density at radius 1 is 1.45 bits per heavy atom. The fourth-order valence-corrected chi connectivity index (χ4v) is 2.26. The number of rotatable bonds is 6. The number of aryl methyl sites for hydroxylation is 1. The number of nitrogens with zero attached hydrogens (tertiary/aromatic N) is 2. The predicted octanol–water partition coefficient (Wildman–Crippen LogP) is 3.32. The van der Waals surface area contributed by atoms with Gasteiger partial charge in [0.15, 0.2) is 0 Å². The Morgan fingerprint density at radius 2 is 2.25 bits per heavy atom. The number of hydrogen-bond acceptors (Lipinski definition) is 3. The van der Waals surface area contributed by atoms with Gasteiger partial charge in [0, 0.05) is 36.1 Å². The Kier molecular flexibility index (Phi) is 5.04. The Hall–Kier alpha value is -1.52. The number of halogens is 1. The third kappa shape index (κ3) is 3.52. The van der Waals surface area contributed by atoms with Crippen LogP contribution < -0.4 is 10.1 Å². The van der Waals surface area contributed by atoms with Gasteiger partial charge in [-0.05, 0) is 31.7 Å². The summed E-state index contributed by atoms with van der Waals surface area (Å²) in [6.45, 7) is 5.52. The van der Waals surface area contributed by atoms with Crippen LogP contribution in [0.25, 0.3) is 0 Å². The van der Waals surface area contributed by atoms with Gasteiger partial charge in [0.25, 0.3) is 0 Å². The Morgan fingerprint density at radius 3 is 2.90 bits per heavy atom. The van der Waals surface area contributed by atoms with Gasteiger partial charge in [0.2, 0.25) is 0 Å². The second kappa shape index (κ2) is 6.77. The van der Waals surface area contributed by atoms with Crippen LogP contribution in [-0.2, 0) is 13.7 Å². The highest BCUT2D eigenvalue weighted by Gasteiger charge is 2.12. The standard InChI is InChI=1S/C15H20ClN3O/c1-4-17-11(2)13-9-12(16)5-6-14(13)20-10-15-18-7-8-19(15)3/h5-9,11,17H,4,10H2,1-3H3. The first-order valence-electron chi connectivity index (χ1n) is 6.73. The van der Waals surface area contributed by atoms with E-state index in [2.05, 4.69) is 24.1 Å². The van der Waals surface area contributed by atoms with Crippen LogP contribution in [0.3, 0.4) is 0 Å². The molecule has 0 aliphatic heterocycles. The largest absolute Gasteiger partial charge is 0.485 e. The van der Waals surface area contributed by atoms with Crippen molar-refractivity contribution in [3.8, 4) is 5.75 Å². The van der Waals surface area contributed by atoms with E-state index < -0.39 is 0 Å². The maximum Gasteiger partial charge on any atom is 0.146 e. The summed E-state index contributed by atoms with van der Waals surface area (Å²) in [6, 6.07) is 5.89. The van der Waals surface area contributed by atoms with Gasteiger partial charge in [-0.3, -0.25) is 0 Å². The number of aromatic nitrogens is 2. The second-order valence-electron chi connectivity index (χ2n) is 4.70. The molecule has 1 aromatic carbocycles. The molecule has 1 unspecified atom stereocenters. The van der Waals surface area contributed by atoms with Gasteiger partial charge in [0.05, 0.1) is 0 Å². The van der Waals surface area contributed by atoms with Gasteiger partial charge >= 0.3 is 0 Å². The molecule has 1 atom stereocenters. The summed E-state index contributed by atoms with van der Waals surface area (Å²) >= 11 is 6.09. The summed E-state index contributed by atoms with van der Waals surface area (Å²) in [6.07, 6.45) is 3.67. The van der Waals surface area contributed by atoms with Crippen molar-refractivity contribution in [1.82, 2.24) is 14.9 Å². The normalized spacial score (nSPS) is 12.4. The van der Waals surface area contributed by atoms with Crippen molar-refractivity contribution in [1.29, 1.82) is 0 Å². The molecule has 20 heavy (non-hydrogen) atoms. The van der Waals surface area contributed by atoms with Crippen LogP contribution in [0.1, 0.15) is 31.3 Å². The van der Waals surface area contributed by atoms with E-state index in [0.29, 0.717) is 11.6 Å². The number of nitrogens with one attached hydrogen (secondary N) is 1. The fourth-order valence-electron chi connectivity index (χ4n) is 2.08. The van der Waals surface area contributed by atoms with Crippen LogP contribution in [0, 0.1) is 0 Å². The molecule has 0 saturated heterocycles. The molecule has 4 nitrogen and oxygen atoms in total. The number of benzene rings is 1. The lowest BCUT2D eigenvalue weighted by atomic mass is 10.1. The first kappa shape index (κ1) is 14.9. The molecule has 1 aromatic heterocycles. The van der Waals surface area contributed by atoms with Crippen molar-refractivity contribution in [2.75, 3.05) is 6.54 Å². The van der Waals surface area contributed by atoms with Crippen LogP contribution >= 0.6 is 11.6 Å². The molecule has 0 saturated carbocycles. The molecule has 1 heterocycles. The van der Waals surface area contributed by atoms with Gasteiger partial charge in [0.1, 0.15) is 18.2 Å². The smallest absolute Gasteiger partial charge is 0.146 e. The van der Waals surface area contributed by atoms with Crippen molar-refractivity contribution >= 4 is 11.6 Å². The molecule has 0 aliphatic carbocycles. The summed E-state index contributed by atoms with van der Waals surface area (Å²) in [5.74, 6) is 1.73. The van der Waals surface area contributed by atoms with Gasteiger partial charge in [-0.2, -0.15) is 0 Å². The molecule has 2 aromatic rings. The molecule has 5 heteroatoms. The van der Waals surface area contributed by atoms with Gasteiger partial charge in [-0.25, -0.2) is 4.98 Å². The molecule has 0 fully saturated rings.